The Morgan fingerprint density at radius 1 is 1.17 bits per heavy atom. The topological polar surface area (TPSA) is 108 Å². The average Bonchev–Trinajstić information content (AvgIpc) is 3.17. The molecular formula is C24H23F3N6O2. The lowest BCUT2D eigenvalue weighted by molar-refractivity contribution is -0.137. The Morgan fingerprint density at radius 3 is 2.63 bits per heavy atom. The summed E-state index contributed by atoms with van der Waals surface area (Å²) < 4.78 is 46.0. The van der Waals surface area contributed by atoms with Crippen LogP contribution in [0.4, 0.5) is 24.9 Å². The van der Waals surface area contributed by atoms with Crippen molar-refractivity contribution in [1.82, 2.24) is 19.7 Å². The number of methoxy groups -OCH3 is 1. The van der Waals surface area contributed by atoms with E-state index in [9.17, 15) is 18.0 Å². The predicted molar refractivity (Wildman–Crippen MR) is 126 cm³/mol. The van der Waals surface area contributed by atoms with Gasteiger partial charge in [-0.25, -0.2) is 9.97 Å². The van der Waals surface area contributed by atoms with E-state index in [-0.39, 0.29) is 29.5 Å². The number of nitrogens with zero attached hydrogens (tertiary/aromatic N) is 4. The fourth-order valence-electron chi connectivity index (χ4n) is 3.90. The van der Waals surface area contributed by atoms with Gasteiger partial charge in [0.1, 0.15) is 5.75 Å². The van der Waals surface area contributed by atoms with E-state index in [1.807, 2.05) is 19.1 Å². The second-order valence-corrected chi connectivity index (χ2v) is 7.94. The minimum atomic E-state index is -4.53. The number of amides is 1. The summed E-state index contributed by atoms with van der Waals surface area (Å²) in [6.45, 7) is 2.01. The summed E-state index contributed by atoms with van der Waals surface area (Å²) in [5.74, 6) is 0.137. The molecule has 4 aromatic rings. The summed E-state index contributed by atoms with van der Waals surface area (Å²) in [7, 11) is 3.07. The van der Waals surface area contributed by atoms with Gasteiger partial charge in [-0.2, -0.15) is 18.3 Å². The zero-order valence-corrected chi connectivity index (χ0v) is 19.3. The van der Waals surface area contributed by atoms with E-state index >= 15 is 0 Å². The smallest absolute Gasteiger partial charge is 0.416 e. The van der Waals surface area contributed by atoms with Crippen LogP contribution >= 0.6 is 0 Å². The maximum atomic E-state index is 13.1. The maximum absolute atomic E-state index is 13.1. The molecule has 0 bridgehead atoms. The van der Waals surface area contributed by atoms with Gasteiger partial charge >= 0.3 is 6.18 Å². The summed E-state index contributed by atoms with van der Waals surface area (Å²) in [5.41, 5.74) is 8.33. The van der Waals surface area contributed by atoms with Gasteiger partial charge in [0.15, 0.2) is 5.82 Å². The molecule has 2 aromatic heterocycles. The fourth-order valence-corrected chi connectivity index (χ4v) is 3.90. The summed E-state index contributed by atoms with van der Waals surface area (Å²) >= 11 is 0. The van der Waals surface area contributed by atoms with E-state index in [0.717, 1.165) is 46.3 Å². The number of hydrogen-bond acceptors (Lipinski definition) is 6. The quantitative estimate of drug-likeness (QED) is 0.421. The first-order valence-electron chi connectivity index (χ1n) is 10.7. The number of carbonyl (C=O) groups excluding carboxylic acids is 1. The molecule has 0 saturated heterocycles. The van der Waals surface area contributed by atoms with Crippen molar-refractivity contribution in [3.05, 3.63) is 59.3 Å². The first kappa shape index (κ1) is 24.0. The van der Waals surface area contributed by atoms with Crippen molar-refractivity contribution in [3.8, 4) is 17.0 Å². The lowest BCUT2D eigenvalue weighted by atomic mass is 10.0. The second kappa shape index (κ2) is 9.24. The van der Waals surface area contributed by atoms with E-state index < -0.39 is 17.6 Å². The minimum absolute atomic E-state index is 0.123. The first-order chi connectivity index (χ1) is 16.6. The Kier molecular flexibility index (Phi) is 6.33. The van der Waals surface area contributed by atoms with Gasteiger partial charge in [-0.05, 0) is 42.3 Å². The standard InChI is InChI=1S/C24H23F3N6O2/c1-4-13-7-14(8-16-12-29-23(28)31-22(13)16)18-11-20(32-33(18)2)30-21(34)10-15-9-17(24(25,26)27)5-6-19(15)35-3/h5-9,11-12H,4,10H2,1-3H3,(H2,28,29,31)(H,30,32,34). The third kappa shape index (κ3) is 5.03. The molecule has 0 radical (unpaired) electrons. The monoisotopic (exact) mass is 484 g/mol. The molecule has 0 aliphatic heterocycles. The van der Waals surface area contributed by atoms with E-state index in [1.54, 1.807) is 24.0 Å². The summed E-state index contributed by atoms with van der Waals surface area (Å²) in [6, 6.07) is 8.61. The third-order valence-corrected chi connectivity index (χ3v) is 5.56. The molecular weight excluding hydrogens is 461 g/mol. The number of nitrogen functional groups attached to an aromatic ring is 1. The summed E-state index contributed by atoms with van der Waals surface area (Å²) in [5, 5.41) is 7.81. The van der Waals surface area contributed by atoms with Crippen LogP contribution < -0.4 is 15.8 Å². The molecule has 0 unspecified atom stereocenters. The molecule has 0 saturated carbocycles. The molecule has 2 heterocycles. The highest BCUT2D eigenvalue weighted by molar-refractivity contribution is 5.93. The number of hydrogen-bond donors (Lipinski definition) is 2. The van der Waals surface area contributed by atoms with Gasteiger partial charge in [-0.3, -0.25) is 9.48 Å². The van der Waals surface area contributed by atoms with Crippen LogP contribution in [-0.2, 0) is 30.9 Å². The van der Waals surface area contributed by atoms with Crippen LogP contribution in [0, 0.1) is 0 Å². The predicted octanol–water partition coefficient (Wildman–Crippen LogP) is 4.38. The third-order valence-electron chi connectivity index (χ3n) is 5.56. The van der Waals surface area contributed by atoms with Gasteiger partial charge in [-0.15, -0.1) is 0 Å². The molecule has 4 rings (SSSR count). The van der Waals surface area contributed by atoms with Crippen molar-refractivity contribution in [2.24, 2.45) is 7.05 Å². The number of rotatable bonds is 6. The molecule has 8 nitrogen and oxygen atoms in total. The molecule has 1 amide bonds. The van der Waals surface area contributed by atoms with Gasteiger partial charge < -0.3 is 15.8 Å². The first-order valence-corrected chi connectivity index (χ1v) is 10.7. The van der Waals surface area contributed by atoms with Gasteiger partial charge in [0.2, 0.25) is 11.9 Å². The fraction of sp³-hybridized carbons (Fsp3) is 0.250. The number of fused-ring (bicyclic) bond motifs is 1. The van der Waals surface area contributed by atoms with Crippen molar-refractivity contribution < 1.29 is 22.7 Å². The van der Waals surface area contributed by atoms with Gasteiger partial charge in [-0.1, -0.05) is 6.92 Å². The lowest BCUT2D eigenvalue weighted by Gasteiger charge is -2.12. The Hall–Kier alpha value is -4.15. The zero-order valence-electron chi connectivity index (χ0n) is 19.3. The number of benzene rings is 2. The molecule has 2 aromatic carbocycles. The normalized spacial score (nSPS) is 11.6. The van der Waals surface area contributed by atoms with Gasteiger partial charge in [0.25, 0.3) is 0 Å². The zero-order chi connectivity index (χ0) is 25.3. The number of halogens is 3. The maximum Gasteiger partial charge on any atom is 0.416 e. The summed E-state index contributed by atoms with van der Waals surface area (Å²) in [6.07, 6.45) is -2.46. The molecule has 35 heavy (non-hydrogen) atoms. The molecule has 182 valence electrons. The number of anilines is 2. The molecule has 0 aliphatic carbocycles. The molecule has 3 N–H and O–H groups in total. The Morgan fingerprint density at radius 2 is 1.94 bits per heavy atom. The Bertz CT molecular complexity index is 1410. The molecule has 0 atom stereocenters. The number of aromatic nitrogens is 4. The summed E-state index contributed by atoms with van der Waals surface area (Å²) in [4.78, 5) is 21.0. The molecule has 11 heteroatoms. The lowest BCUT2D eigenvalue weighted by Crippen LogP contribution is -2.16. The van der Waals surface area contributed by atoms with E-state index in [2.05, 4.69) is 20.4 Å². The van der Waals surface area contributed by atoms with Crippen molar-refractivity contribution in [2.45, 2.75) is 25.9 Å². The van der Waals surface area contributed by atoms with Crippen molar-refractivity contribution in [1.29, 1.82) is 0 Å². The van der Waals surface area contributed by atoms with Crippen molar-refractivity contribution >= 4 is 28.6 Å². The minimum Gasteiger partial charge on any atom is -0.496 e. The number of carbonyl (C=O) groups is 1. The van der Waals surface area contributed by atoms with Crippen LogP contribution in [-0.4, -0.2) is 32.8 Å². The highest BCUT2D eigenvalue weighted by Crippen LogP contribution is 2.33. The van der Waals surface area contributed by atoms with Crippen LogP contribution in [0.2, 0.25) is 0 Å². The van der Waals surface area contributed by atoms with Crippen LogP contribution in [0.25, 0.3) is 22.2 Å². The molecule has 0 spiro atoms. The van der Waals surface area contributed by atoms with Gasteiger partial charge in [0.05, 0.1) is 30.3 Å². The number of aryl methyl sites for hydroxylation is 2. The number of ether oxygens (including phenoxy) is 1. The van der Waals surface area contributed by atoms with Crippen molar-refractivity contribution in [3.63, 3.8) is 0 Å². The van der Waals surface area contributed by atoms with Crippen molar-refractivity contribution in [2.75, 3.05) is 18.2 Å². The van der Waals surface area contributed by atoms with E-state index in [4.69, 9.17) is 10.5 Å². The van der Waals surface area contributed by atoms with E-state index in [1.165, 1.54) is 13.2 Å². The molecule has 0 aliphatic rings. The largest absolute Gasteiger partial charge is 0.496 e. The van der Waals surface area contributed by atoms with Crippen LogP contribution in [0.15, 0.2) is 42.6 Å². The van der Waals surface area contributed by atoms with Crippen LogP contribution in [0.1, 0.15) is 23.6 Å². The SMILES string of the molecule is CCc1cc(-c2cc(NC(=O)Cc3cc(C(F)(F)F)ccc3OC)nn2C)cc2cnc(N)nc12. The number of nitrogens with two attached hydrogens (primary N) is 1. The highest BCUT2D eigenvalue weighted by Gasteiger charge is 2.31. The number of nitrogens with one attached hydrogen (secondary N) is 1. The molecule has 0 fully saturated rings. The van der Waals surface area contributed by atoms with E-state index in [0.29, 0.717) is 0 Å². The second-order valence-electron chi connectivity index (χ2n) is 7.94. The van der Waals surface area contributed by atoms with Crippen LogP contribution in [0.3, 0.4) is 0 Å². The van der Waals surface area contributed by atoms with Gasteiger partial charge in [0, 0.05) is 35.8 Å². The van der Waals surface area contributed by atoms with Crippen LogP contribution in [0.5, 0.6) is 5.75 Å². The Balaban J connectivity index is 1.59. The number of alkyl halides is 3. The average molecular weight is 484 g/mol. The Labute approximate surface area is 198 Å². The highest BCUT2D eigenvalue weighted by atomic mass is 19.4.